The van der Waals surface area contributed by atoms with Crippen LogP contribution in [0.4, 0.5) is 11.4 Å². The molecule has 2 aromatic rings. The number of carbonyl (C=O) groups excluding carboxylic acids is 2. The van der Waals surface area contributed by atoms with Crippen molar-refractivity contribution < 1.29 is 9.59 Å². The zero-order valence-electron chi connectivity index (χ0n) is 15.2. The number of carbonyl (C=O) groups is 2. The Morgan fingerprint density at radius 3 is 2.54 bits per heavy atom. The van der Waals surface area contributed by atoms with E-state index in [9.17, 15) is 9.59 Å². The lowest BCUT2D eigenvalue weighted by Gasteiger charge is -2.35. The topological polar surface area (TPSA) is 49.4 Å². The second-order valence-electron chi connectivity index (χ2n) is 7.19. The summed E-state index contributed by atoms with van der Waals surface area (Å²) in [6.45, 7) is 2.96. The van der Waals surface area contributed by atoms with E-state index in [0.29, 0.717) is 12.0 Å². The molecule has 2 aliphatic rings. The van der Waals surface area contributed by atoms with E-state index in [1.807, 2.05) is 41.3 Å². The lowest BCUT2D eigenvalue weighted by molar-refractivity contribution is -0.119. The SMILES string of the molecule is CCCc1ccc(C(=O)Nc2cc3c4c(c2)CCC(=O)N4CCC3)cc1. The summed E-state index contributed by atoms with van der Waals surface area (Å²) in [4.78, 5) is 26.7. The third kappa shape index (κ3) is 3.12. The van der Waals surface area contributed by atoms with Crippen molar-refractivity contribution in [3.63, 3.8) is 0 Å². The minimum absolute atomic E-state index is 0.0836. The second-order valence-corrected chi connectivity index (χ2v) is 7.19. The molecule has 1 N–H and O–H groups in total. The molecule has 4 nitrogen and oxygen atoms in total. The number of nitrogens with one attached hydrogen (secondary N) is 1. The fourth-order valence-electron chi connectivity index (χ4n) is 4.04. The Balaban J connectivity index is 1.57. The highest BCUT2D eigenvalue weighted by Gasteiger charge is 2.29. The first-order valence-electron chi connectivity index (χ1n) is 9.52. The van der Waals surface area contributed by atoms with Crippen LogP contribution in [-0.2, 0) is 24.1 Å². The van der Waals surface area contributed by atoms with Crippen molar-refractivity contribution in [2.75, 3.05) is 16.8 Å². The van der Waals surface area contributed by atoms with Crippen molar-refractivity contribution in [3.05, 3.63) is 58.7 Å². The number of aryl methyl sites for hydroxylation is 3. The molecule has 0 atom stereocenters. The van der Waals surface area contributed by atoms with Crippen molar-refractivity contribution in [1.29, 1.82) is 0 Å². The third-order valence-electron chi connectivity index (χ3n) is 5.29. The molecule has 4 rings (SSSR count). The fraction of sp³-hybridized carbons (Fsp3) is 0.364. The van der Waals surface area contributed by atoms with Crippen LogP contribution in [0.25, 0.3) is 0 Å². The van der Waals surface area contributed by atoms with Gasteiger partial charge in [-0.2, -0.15) is 0 Å². The largest absolute Gasteiger partial charge is 0.322 e. The molecule has 0 aliphatic carbocycles. The summed E-state index contributed by atoms with van der Waals surface area (Å²) in [5.41, 5.74) is 6.21. The highest BCUT2D eigenvalue weighted by atomic mass is 16.2. The van der Waals surface area contributed by atoms with Gasteiger partial charge < -0.3 is 10.2 Å². The van der Waals surface area contributed by atoms with Crippen molar-refractivity contribution in [2.45, 2.75) is 45.4 Å². The number of anilines is 2. The Bertz CT molecular complexity index is 838. The van der Waals surface area contributed by atoms with Crippen LogP contribution < -0.4 is 10.2 Å². The molecule has 134 valence electrons. The minimum Gasteiger partial charge on any atom is -0.322 e. The van der Waals surface area contributed by atoms with Gasteiger partial charge in [-0.05, 0) is 66.6 Å². The predicted molar refractivity (Wildman–Crippen MR) is 104 cm³/mol. The molecule has 0 aromatic heterocycles. The molecule has 2 aromatic carbocycles. The van der Waals surface area contributed by atoms with E-state index in [1.165, 1.54) is 16.7 Å². The molecule has 0 radical (unpaired) electrons. The van der Waals surface area contributed by atoms with Crippen LogP contribution in [-0.4, -0.2) is 18.4 Å². The highest BCUT2D eigenvalue weighted by molar-refractivity contribution is 6.05. The van der Waals surface area contributed by atoms with Crippen LogP contribution in [0.3, 0.4) is 0 Å². The lowest BCUT2D eigenvalue weighted by Crippen LogP contribution is -2.39. The van der Waals surface area contributed by atoms with Gasteiger partial charge >= 0.3 is 0 Å². The molecule has 0 unspecified atom stereocenters. The first-order valence-corrected chi connectivity index (χ1v) is 9.52. The normalized spacial score (nSPS) is 15.6. The Labute approximate surface area is 154 Å². The van der Waals surface area contributed by atoms with Gasteiger partial charge in [0.15, 0.2) is 0 Å². The van der Waals surface area contributed by atoms with Gasteiger partial charge in [-0.25, -0.2) is 0 Å². The lowest BCUT2D eigenvalue weighted by atomic mass is 9.91. The first kappa shape index (κ1) is 16.8. The van der Waals surface area contributed by atoms with Gasteiger partial charge in [0, 0.05) is 24.2 Å². The van der Waals surface area contributed by atoms with Crippen LogP contribution in [0.15, 0.2) is 36.4 Å². The molecule has 0 saturated carbocycles. The van der Waals surface area contributed by atoms with E-state index in [1.54, 1.807) is 0 Å². The van der Waals surface area contributed by atoms with E-state index in [2.05, 4.69) is 12.2 Å². The fourth-order valence-corrected chi connectivity index (χ4v) is 4.04. The molecule has 2 aliphatic heterocycles. The Morgan fingerprint density at radius 1 is 1.08 bits per heavy atom. The van der Waals surface area contributed by atoms with E-state index < -0.39 is 0 Å². The summed E-state index contributed by atoms with van der Waals surface area (Å²) >= 11 is 0. The van der Waals surface area contributed by atoms with Crippen LogP contribution in [0.5, 0.6) is 0 Å². The zero-order chi connectivity index (χ0) is 18.1. The summed E-state index contributed by atoms with van der Waals surface area (Å²) in [6, 6.07) is 11.9. The van der Waals surface area contributed by atoms with Crippen molar-refractivity contribution in [3.8, 4) is 0 Å². The molecule has 0 spiro atoms. The van der Waals surface area contributed by atoms with Crippen molar-refractivity contribution >= 4 is 23.2 Å². The van der Waals surface area contributed by atoms with Gasteiger partial charge in [0.25, 0.3) is 5.91 Å². The number of hydrogen-bond donors (Lipinski definition) is 1. The molecule has 4 heteroatoms. The molecule has 0 fully saturated rings. The molecule has 0 bridgehead atoms. The predicted octanol–water partition coefficient (Wildman–Crippen LogP) is 4.12. The van der Waals surface area contributed by atoms with Gasteiger partial charge in [-0.3, -0.25) is 9.59 Å². The van der Waals surface area contributed by atoms with Gasteiger partial charge in [0.05, 0.1) is 5.69 Å². The third-order valence-corrected chi connectivity index (χ3v) is 5.29. The number of hydrogen-bond acceptors (Lipinski definition) is 2. The maximum atomic E-state index is 12.6. The van der Waals surface area contributed by atoms with Crippen molar-refractivity contribution in [2.24, 2.45) is 0 Å². The summed E-state index contributed by atoms with van der Waals surface area (Å²) in [5, 5.41) is 3.04. The number of benzene rings is 2. The smallest absolute Gasteiger partial charge is 0.255 e. The maximum Gasteiger partial charge on any atom is 0.255 e. The van der Waals surface area contributed by atoms with Crippen LogP contribution in [0.2, 0.25) is 0 Å². The zero-order valence-corrected chi connectivity index (χ0v) is 15.2. The van der Waals surface area contributed by atoms with Crippen LogP contribution in [0, 0.1) is 0 Å². The second kappa shape index (κ2) is 6.94. The molecular weight excluding hydrogens is 324 g/mol. The Morgan fingerprint density at radius 2 is 1.81 bits per heavy atom. The summed E-state index contributed by atoms with van der Waals surface area (Å²) in [7, 11) is 0. The monoisotopic (exact) mass is 348 g/mol. The Hall–Kier alpha value is -2.62. The average Bonchev–Trinajstić information content (AvgIpc) is 2.65. The number of nitrogens with zero attached hydrogens (tertiary/aromatic N) is 1. The molecule has 2 heterocycles. The molecule has 26 heavy (non-hydrogen) atoms. The quantitative estimate of drug-likeness (QED) is 0.904. The van der Waals surface area contributed by atoms with E-state index in [-0.39, 0.29) is 11.8 Å². The summed E-state index contributed by atoms with van der Waals surface area (Å²) in [5.74, 6) is 0.141. The summed E-state index contributed by atoms with van der Waals surface area (Å²) in [6.07, 6.45) is 5.39. The van der Waals surface area contributed by atoms with E-state index >= 15 is 0 Å². The molecular formula is C22H24N2O2. The minimum atomic E-state index is -0.0836. The van der Waals surface area contributed by atoms with Crippen LogP contribution >= 0.6 is 0 Å². The van der Waals surface area contributed by atoms with Crippen LogP contribution in [0.1, 0.15) is 53.2 Å². The molecule has 0 saturated heterocycles. The molecule has 2 amide bonds. The number of rotatable bonds is 4. The van der Waals surface area contributed by atoms with E-state index in [4.69, 9.17) is 0 Å². The van der Waals surface area contributed by atoms with Gasteiger partial charge in [-0.15, -0.1) is 0 Å². The van der Waals surface area contributed by atoms with Gasteiger partial charge in [-0.1, -0.05) is 25.5 Å². The highest BCUT2D eigenvalue weighted by Crippen LogP contribution is 2.37. The summed E-state index contributed by atoms with van der Waals surface area (Å²) < 4.78 is 0. The average molecular weight is 348 g/mol. The van der Waals surface area contributed by atoms with Gasteiger partial charge in [0.2, 0.25) is 5.91 Å². The number of amides is 2. The van der Waals surface area contributed by atoms with Crippen molar-refractivity contribution in [1.82, 2.24) is 0 Å². The van der Waals surface area contributed by atoms with E-state index in [0.717, 1.165) is 50.0 Å². The Kier molecular flexibility index (Phi) is 4.49. The van der Waals surface area contributed by atoms with Gasteiger partial charge in [0.1, 0.15) is 0 Å². The maximum absolute atomic E-state index is 12.6. The standard InChI is InChI=1S/C22H24N2O2/c1-2-4-15-6-8-16(9-7-15)22(26)23-19-13-17-5-3-12-24-20(25)11-10-18(14-19)21(17)24/h6-9,13-14H,2-5,10-12H2,1H3,(H,23,26). The first-order chi connectivity index (χ1) is 12.7.